The van der Waals surface area contributed by atoms with E-state index in [-0.39, 0.29) is 18.4 Å². The maximum absolute atomic E-state index is 12.8. The van der Waals surface area contributed by atoms with E-state index in [2.05, 4.69) is 47.2 Å². The number of halogens is 3. The van der Waals surface area contributed by atoms with Crippen molar-refractivity contribution in [2.45, 2.75) is 23.2 Å². The van der Waals surface area contributed by atoms with Gasteiger partial charge in [-0.1, -0.05) is 0 Å². The number of nitrogens with one attached hydrogen (secondary N) is 2. The van der Waals surface area contributed by atoms with Gasteiger partial charge in [0.15, 0.2) is 11.6 Å². The van der Waals surface area contributed by atoms with Gasteiger partial charge in [0.2, 0.25) is 0 Å². The summed E-state index contributed by atoms with van der Waals surface area (Å²) < 4.78 is 1.34. The fourth-order valence-corrected chi connectivity index (χ4v) is 4.67. The van der Waals surface area contributed by atoms with Crippen LogP contribution >= 0.6 is 43.5 Å². The Labute approximate surface area is 141 Å². The van der Waals surface area contributed by atoms with E-state index in [9.17, 15) is 9.90 Å². The van der Waals surface area contributed by atoms with Crippen LogP contribution in [0, 0.1) is 0 Å². The van der Waals surface area contributed by atoms with Crippen molar-refractivity contribution in [3.63, 3.8) is 0 Å². The van der Waals surface area contributed by atoms with Crippen LogP contribution in [0.2, 0.25) is 0 Å². The molecule has 3 aliphatic rings. The van der Waals surface area contributed by atoms with Crippen LogP contribution in [0.15, 0.2) is 14.1 Å². The second-order valence-electron chi connectivity index (χ2n) is 5.29. The van der Waals surface area contributed by atoms with Crippen LogP contribution in [0.1, 0.15) is 22.1 Å². The van der Waals surface area contributed by atoms with Gasteiger partial charge in [0.05, 0.1) is 14.5 Å². The number of H-pyrrole nitrogens is 1. The molecule has 4 rings (SSSR count). The highest BCUT2D eigenvalue weighted by atomic mass is 79.9. The van der Waals surface area contributed by atoms with Gasteiger partial charge in [-0.05, 0) is 31.9 Å². The summed E-state index contributed by atoms with van der Waals surface area (Å²) in [5.41, 5.74) is 5.79. The van der Waals surface area contributed by atoms with Crippen molar-refractivity contribution in [3.8, 4) is 0 Å². The first kappa shape index (κ1) is 13.9. The number of carbonyl (C=O) groups excluding carboxylic acids is 1. The molecule has 1 spiro atoms. The van der Waals surface area contributed by atoms with Crippen LogP contribution in [0.4, 0.5) is 0 Å². The molecule has 0 saturated carbocycles. The summed E-state index contributed by atoms with van der Waals surface area (Å²) in [5, 5.41) is 12.9. The highest BCUT2D eigenvalue weighted by Gasteiger charge is 2.66. The van der Waals surface area contributed by atoms with Gasteiger partial charge in [-0.25, -0.2) is 4.99 Å². The summed E-state index contributed by atoms with van der Waals surface area (Å²) in [6.07, 6.45) is -0.980. The van der Waals surface area contributed by atoms with Gasteiger partial charge in [0, 0.05) is 12.1 Å². The number of aromatic amines is 1. The normalized spacial score (nSPS) is 37.0. The molecule has 112 valence electrons. The van der Waals surface area contributed by atoms with Crippen LogP contribution in [-0.2, 0) is 0 Å². The molecule has 5 N–H and O–H groups in total. The number of aliphatic hydroxyl groups excluding tert-OH is 1. The van der Waals surface area contributed by atoms with E-state index in [0.717, 1.165) is 0 Å². The van der Waals surface area contributed by atoms with Crippen LogP contribution < -0.4 is 11.1 Å². The van der Waals surface area contributed by atoms with E-state index < -0.39 is 23.2 Å². The van der Waals surface area contributed by atoms with Crippen LogP contribution in [-0.4, -0.2) is 50.5 Å². The number of nitrogens with zero attached hydrogens (tertiary/aromatic N) is 2. The SMILES string of the molecule is NC1=N[C@@H]2c3c([nH]c(Br)c3Br)C(=O)N3C[C@H](Cl)[C@H](O)C23N1. The van der Waals surface area contributed by atoms with Gasteiger partial charge in [0.25, 0.3) is 5.91 Å². The minimum absolute atomic E-state index is 0.180. The molecule has 21 heavy (non-hydrogen) atoms. The number of rotatable bonds is 0. The van der Waals surface area contributed by atoms with Gasteiger partial charge in [-0.3, -0.25) is 4.79 Å². The van der Waals surface area contributed by atoms with Crippen LogP contribution in [0.5, 0.6) is 0 Å². The van der Waals surface area contributed by atoms with Gasteiger partial charge < -0.3 is 26.0 Å². The molecule has 1 saturated heterocycles. The molecular formula is C11H10Br2ClN5O2. The molecule has 1 aromatic rings. The molecule has 1 amide bonds. The highest BCUT2D eigenvalue weighted by molar-refractivity contribution is 9.13. The second-order valence-corrected chi connectivity index (χ2v) is 7.43. The first-order chi connectivity index (χ1) is 9.87. The molecule has 1 fully saturated rings. The number of hydrogen-bond acceptors (Lipinski definition) is 5. The largest absolute Gasteiger partial charge is 0.387 e. The number of aromatic nitrogens is 1. The topological polar surface area (TPSA) is 107 Å². The molecule has 7 nitrogen and oxygen atoms in total. The van der Waals surface area contributed by atoms with E-state index in [1.54, 1.807) is 0 Å². The standard InChI is InChI=1S/C11H10Br2ClN5O2/c12-4-3-5(16-8(4)13)9(21)19-1-2(14)7(20)11(19)6(3)17-10(15)18-11/h2,6-7,16,20H,1H2,(H3,15,17,18)/t2-,6+,7-,11?/m0/s1. The van der Waals surface area contributed by atoms with Crippen molar-refractivity contribution in [2.24, 2.45) is 10.7 Å². The Kier molecular flexibility index (Phi) is 2.74. The molecule has 4 heterocycles. The fraction of sp³-hybridized carbons (Fsp3) is 0.455. The third-order valence-electron chi connectivity index (χ3n) is 4.28. The number of aliphatic hydroxyl groups is 1. The monoisotopic (exact) mass is 437 g/mol. The number of guanidine groups is 1. The van der Waals surface area contributed by atoms with E-state index in [1.807, 2.05) is 0 Å². The lowest BCUT2D eigenvalue weighted by molar-refractivity contribution is 0.000935. The van der Waals surface area contributed by atoms with Crippen molar-refractivity contribution in [1.82, 2.24) is 15.2 Å². The zero-order valence-corrected chi connectivity index (χ0v) is 14.3. The zero-order valence-electron chi connectivity index (χ0n) is 10.4. The summed E-state index contributed by atoms with van der Waals surface area (Å²) in [6, 6.07) is -0.527. The van der Waals surface area contributed by atoms with Gasteiger partial charge in [-0.15, -0.1) is 11.6 Å². The van der Waals surface area contributed by atoms with E-state index in [0.29, 0.717) is 20.3 Å². The van der Waals surface area contributed by atoms with Crippen molar-refractivity contribution < 1.29 is 9.90 Å². The lowest BCUT2D eigenvalue weighted by Crippen LogP contribution is -2.66. The Balaban J connectivity index is 2.01. The first-order valence-corrected chi connectivity index (χ1v) is 8.22. The predicted molar refractivity (Wildman–Crippen MR) is 83.1 cm³/mol. The maximum Gasteiger partial charge on any atom is 0.272 e. The van der Waals surface area contributed by atoms with Crippen molar-refractivity contribution in [3.05, 3.63) is 20.3 Å². The van der Waals surface area contributed by atoms with Gasteiger partial charge in [0.1, 0.15) is 17.8 Å². The Morgan fingerprint density at radius 2 is 2.24 bits per heavy atom. The number of carbonyl (C=O) groups is 1. The van der Waals surface area contributed by atoms with Gasteiger partial charge in [-0.2, -0.15) is 0 Å². The Morgan fingerprint density at radius 3 is 2.95 bits per heavy atom. The average Bonchev–Trinajstić information content (AvgIpc) is 3.00. The van der Waals surface area contributed by atoms with E-state index in [4.69, 9.17) is 17.3 Å². The smallest absolute Gasteiger partial charge is 0.272 e. The number of hydrogen-bond donors (Lipinski definition) is 4. The van der Waals surface area contributed by atoms with E-state index >= 15 is 0 Å². The third-order valence-corrected chi connectivity index (χ3v) is 6.60. The van der Waals surface area contributed by atoms with Gasteiger partial charge >= 0.3 is 0 Å². The lowest BCUT2D eigenvalue weighted by atomic mass is 9.86. The predicted octanol–water partition coefficient (Wildman–Crippen LogP) is 0.633. The molecule has 3 aliphatic heterocycles. The van der Waals surface area contributed by atoms with Crippen LogP contribution in [0.25, 0.3) is 0 Å². The summed E-state index contributed by atoms with van der Waals surface area (Å²) in [4.78, 5) is 21.6. The quantitative estimate of drug-likeness (QED) is 0.445. The van der Waals surface area contributed by atoms with Crippen LogP contribution in [0.3, 0.4) is 0 Å². The third kappa shape index (κ3) is 1.47. The Bertz CT molecular complexity index is 707. The molecule has 0 aromatic carbocycles. The number of aliphatic imine (C=N–C) groups is 1. The molecule has 0 radical (unpaired) electrons. The molecule has 10 heteroatoms. The first-order valence-electron chi connectivity index (χ1n) is 6.20. The molecule has 0 aliphatic carbocycles. The number of fused-ring (bicyclic) bond motifs is 2. The number of alkyl halides is 1. The highest BCUT2D eigenvalue weighted by Crippen LogP contribution is 2.52. The summed E-state index contributed by atoms with van der Waals surface area (Å²) in [5.74, 6) is -0.0630. The molecule has 1 aromatic heterocycles. The van der Waals surface area contributed by atoms with Crippen molar-refractivity contribution in [1.29, 1.82) is 0 Å². The van der Waals surface area contributed by atoms with Crippen molar-refractivity contribution in [2.75, 3.05) is 6.54 Å². The molecule has 1 unspecified atom stereocenters. The summed E-state index contributed by atoms with van der Waals surface area (Å²) in [6.45, 7) is 0.224. The van der Waals surface area contributed by atoms with E-state index in [1.165, 1.54) is 4.90 Å². The zero-order chi connectivity index (χ0) is 15.1. The molecular weight excluding hydrogens is 429 g/mol. The number of nitrogens with two attached hydrogens (primary N) is 1. The average molecular weight is 439 g/mol. The number of amides is 1. The Hall–Kier alpha value is -0.770. The fourth-order valence-electron chi connectivity index (χ4n) is 3.41. The summed E-state index contributed by atoms with van der Waals surface area (Å²) in [7, 11) is 0. The molecule has 4 atom stereocenters. The second kappa shape index (κ2) is 4.15. The summed E-state index contributed by atoms with van der Waals surface area (Å²) >= 11 is 13.0. The Morgan fingerprint density at radius 1 is 1.52 bits per heavy atom. The van der Waals surface area contributed by atoms with Crippen molar-refractivity contribution >= 4 is 55.3 Å². The minimum Gasteiger partial charge on any atom is -0.387 e. The lowest BCUT2D eigenvalue weighted by Gasteiger charge is -2.44. The maximum atomic E-state index is 12.8. The minimum atomic E-state index is -1.12. The molecule has 0 bridgehead atoms.